The Morgan fingerprint density at radius 2 is 0.416 bits per heavy atom. The van der Waals surface area contributed by atoms with Crippen LogP contribution in [0.1, 0.15) is 51.5 Å². The Kier molecular flexibility index (Phi) is 19.7. The summed E-state index contributed by atoms with van der Waals surface area (Å²) in [4.78, 5) is 0.298. The summed E-state index contributed by atoms with van der Waals surface area (Å²) in [6.45, 7) is 4.44. The molecule has 44 heteroatoms. The van der Waals surface area contributed by atoms with Gasteiger partial charge < -0.3 is 4.90 Å². The molecular formula is C81H24BF42N. The van der Waals surface area contributed by atoms with Gasteiger partial charge in [-0.15, -0.1) is 21.9 Å². The van der Waals surface area contributed by atoms with E-state index in [9.17, 15) is 26.3 Å². The van der Waals surface area contributed by atoms with Crippen molar-refractivity contribution in [1.82, 2.24) is 0 Å². The van der Waals surface area contributed by atoms with Crippen molar-refractivity contribution in [3.05, 3.63) is 239 Å². The first-order valence-corrected chi connectivity index (χ1v) is 35.2. The molecule has 0 aliphatic rings. The molecule has 17 rings (SSSR count). The van der Waals surface area contributed by atoms with Gasteiger partial charge in [-0.2, -0.15) is 17.6 Å². The second-order valence-electron chi connectivity index (χ2n) is 29.0. The number of rotatable bonds is 12. The monoisotopic (exact) mass is 1820 g/mol. The fourth-order valence-electron chi connectivity index (χ4n) is 17.9. The molecule has 125 heavy (non-hydrogen) atoms. The molecule has 2 atom stereocenters. The Hall–Kier alpha value is -12.0. The maximum atomic E-state index is 19.3. The van der Waals surface area contributed by atoms with Gasteiger partial charge in [0.2, 0.25) is 0 Å². The van der Waals surface area contributed by atoms with E-state index in [1.165, 1.54) is 7.05 Å². The minimum atomic E-state index is -8.50. The number of unbranched alkanes of at least 4 members (excludes halogenated alkanes) is 1. The zero-order chi connectivity index (χ0) is 91.9. The van der Waals surface area contributed by atoms with Crippen LogP contribution in [-0.2, 0) is 6.18 Å². The fourth-order valence-corrected chi connectivity index (χ4v) is 17.9. The minimum Gasteiger partial charge on any atom is -0.302 e. The molecule has 650 valence electrons. The molecule has 0 aromatic heterocycles. The smallest absolute Gasteiger partial charge is 0.302 e. The number of halogens is 42. The molecule has 2 unspecified atom stereocenters. The van der Waals surface area contributed by atoms with Crippen LogP contribution in [0.2, 0.25) is 0 Å². The van der Waals surface area contributed by atoms with Gasteiger partial charge in [0.05, 0.1) is 78.2 Å². The number of alkyl halides is 3. The molecule has 1 N–H and O–H groups in total. The van der Waals surface area contributed by atoms with Crippen molar-refractivity contribution in [3.63, 3.8) is 0 Å². The third-order valence-corrected chi connectivity index (χ3v) is 23.1. The second kappa shape index (κ2) is 28.5. The van der Waals surface area contributed by atoms with E-state index in [0.717, 1.165) is 25.7 Å². The topological polar surface area (TPSA) is 4.44 Å². The van der Waals surface area contributed by atoms with Crippen LogP contribution in [0, 0.1) is 233 Å². The van der Waals surface area contributed by atoms with Crippen LogP contribution in [0.5, 0.6) is 0 Å². The number of nitrogens with one attached hydrogen (secondary N) is 1. The van der Waals surface area contributed by atoms with Crippen molar-refractivity contribution < 1.29 is 189 Å². The lowest BCUT2D eigenvalue weighted by Gasteiger charge is -2.48. The molecule has 0 saturated heterocycles. The molecule has 17 aromatic carbocycles. The van der Waals surface area contributed by atoms with Gasteiger partial charge in [0, 0.05) is 49.2 Å². The van der Waals surface area contributed by atoms with Crippen molar-refractivity contribution >= 4 is 163 Å². The van der Waals surface area contributed by atoms with Crippen LogP contribution >= 0.6 is 0 Å². The summed E-state index contributed by atoms with van der Waals surface area (Å²) in [5.41, 5.74) is -18.5. The van der Waals surface area contributed by atoms with Crippen molar-refractivity contribution in [1.29, 1.82) is 0 Å². The molecule has 17 aromatic rings. The second-order valence-corrected chi connectivity index (χ2v) is 29.0. The van der Waals surface area contributed by atoms with Crippen LogP contribution in [0.3, 0.4) is 0 Å². The number of hydrogen-bond acceptors (Lipinski definition) is 0. The van der Waals surface area contributed by atoms with E-state index in [1.54, 1.807) is 0 Å². The number of quaternary nitrogens is 1. The van der Waals surface area contributed by atoms with Gasteiger partial charge in [0.15, 0.2) is 209 Å². The Labute approximate surface area is 660 Å². The molecular weight excluding hydrogens is 1800 g/mol. The van der Waals surface area contributed by atoms with Gasteiger partial charge in [0.25, 0.3) is 0 Å². The molecule has 0 fully saturated rings. The molecule has 0 spiro atoms. The molecule has 0 radical (unpaired) electrons. The molecule has 0 saturated carbocycles. The maximum absolute atomic E-state index is 19.3. The van der Waals surface area contributed by atoms with Crippen LogP contribution in [-0.4, -0.2) is 19.7 Å². The molecule has 0 bridgehead atoms. The lowest BCUT2D eigenvalue weighted by atomic mass is 9.11. The highest BCUT2D eigenvalue weighted by molar-refractivity contribution is 7.23. The SMILES string of the molecule is CCCCC(CC)CC[NH+](C)c1cc(F)c(F)c(C(F)(F)F)c1F.Fc1c(F)c2c(F)c(F)c3c(F)c(F)c([B-](c4c(F)c(F)c5c(F)c(F)c6c(F)c(F)c(F)c7c(F)c(F)c4c5c67)(c4c(F)c(F)c5c(F)c(F)c6c(F)c(F)c(F)c7c(F)c(F)c4c5c67)c4c(F)c(F)c5c(F)c(F)c6c(F)c(F)c(F)c7c(F)c(F)c4c5c67)c4c(F)c(F)c(c1F)c2c34. The lowest BCUT2D eigenvalue weighted by molar-refractivity contribution is -0.812. The molecule has 0 amide bonds. The van der Waals surface area contributed by atoms with Crippen LogP contribution in [0.15, 0.2) is 6.07 Å². The van der Waals surface area contributed by atoms with Gasteiger partial charge in [0.1, 0.15) is 35.0 Å². The van der Waals surface area contributed by atoms with E-state index in [2.05, 4.69) is 6.92 Å². The zero-order valence-corrected chi connectivity index (χ0v) is 60.3. The van der Waals surface area contributed by atoms with E-state index in [0.29, 0.717) is 29.8 Å². The van der Waals surface area contributed by atoms with E-state index in [1.807, 2.05) is 6.92 Å². The van der Waals surface area contributed by atoms with E-state index < -0.39 is 402 Å². The first-order chi connectivity index (χ1) is 58.4. The normalized spacial score (nSPS) is 13.3. The largest absolute Gasteiger partial charge is 0.422 e. The van der Waals surface area contributed by atoms with Crippen molar-refractivity contribution in [3.8, 4) is 0 Å². The summed E-state index contributed by atoms with van der Waals surface area (Å²) in [7, 11) is 1.46. The van der Waals surface area contributed by atoms with E-state index in [4.69, 9.17) is 0 Å². The summed E-state index contributed by atoms with van der Waals surface area (Å²) in [6, 6.07) is 0.516. The summed E-state index contributed by atoms with van der Waals surface area (Å²) in [5, 5.41) is -71.3. The third-order valence-electron chi connectivity index (χ3n) is 23.1. The molecule has 0 aliphatic heterocycles. The van der Waals surface area contributed by atoms with Crippen molar-refractivity contribution in [2.45, 2.75) is 52.1 Å². The van der Waals surface area contributed by atoms with E-state index >= 15 is 158 Å². The standard InChI is InChI=1S/C64BF36.C17H23F6N/c66-29-9-1-5-17(33(29)70)49(86)61(98)53(90)21(5)41(78)37(74)13(1)45(82)57(94)25(9)65(26-10-2-6-18(34(71)30(10)67)50(87)62(99)54(91)22(6)42(79)38(75)14(2)46(83)58(26)95,27-11-3-7-19(35(72)31(11)68)51(88)63(100)55(92)23(7)43(80)39(76)15(3)47(84)59(27)96)28-12-4-8-20(36(73)32(12)69)52(89)64(101)56(93)24(8)44(81)40(77)16(4)48(85)60(28)97;1-4-6-7-11(5-2)8-9-24(3)13-10-12(18)15(19)14(16(13)20)17(21,22)23/h;10-11H,4-9H2,1-3H3/q-1;/p+1. The third kappa shape index (κ3) is 10.6. The van der Waals surface area contributed by atoms with Crippen LogP contribution in [0.25, 0.3) is 129 Å². The maximum Gasteiger partial charge on any atom is 0.422 e. The van der Waals surface area contributed by atoms with Crippen LogP contribution in [0.4, 0.5) is 190 Å². The lowest BCUT2D eigenvalue weighted by Crippen LogP contribution is -3.04. The average molecular weight is 1820 g/mol. The van der Waals surface area contributed by atoms with Gasteiger partial charge in [-0.05, 0) is 33.9 Å². The van der Waals surface area contributed by atoms with Crippen molar-refractivity contribution in [2.75, 3.05) is 13.6 Å². The highest BCUT2D eigenvalue weighted by Gasteiger charge is 2.54. The van der Waals surface area contributed by atoms with Gasteiger partial charge in [-0.1, -0.05) is 39.5 Å². The molecule has 0 heterocycles. The van der Waals surface area contributed by atoms with Gasteiger partial charge in [-0.3, -0.25) is 0 Å². The first-order valence-electron chi connectivity index (χ1n) is 35.2. The summed E-state index contributed by atoms with van der Waals surface area (Å²) in [5.74, 6) is -135. The van der Waals surface area contributed by atoms with E-state index in [-0.39, 0.29) is 0 Å². The summed E-state index contributed by atoms with van der Waals surface area (Å²) < 4.78 is 700. The molecule has 1 nitrogen and oxygen atoms in total. The number of benzene rings is 17. The summed E-state index contributed by atoms with van der Waals surface area (Å²) in [6.07, 6.45) is -9.09. The highest BCUT2D eigenvalue weighted by atomic mass is 19.4. The van der Waals surface area contributed by atoms with Crippen molar-refractivity contribution in [2.24, 2.45) is 5.92 Å². The average Bonchev–Trinajstić information content (AvgIpc) is 0.646. The van der Waals surface area contributed by atoms with Gasteiger partial charge >= 0.3 is 6.18 Å². The Bertz CT molecular complexity index is 6900. The Morgan fingerprint density at radius 3 is 0.608 bits per heavy atom. The first kappa shape index (κ1) is 86.5. The predicted molar refractivity (Wildman–Crippen MR) is 364 cm³/mol. The zero-order valence-electron chi connectivity index (χ0n) is 60.3. The highest BCUT2D eigenvalue weighted by Crippen LogP contribution is 2.54. The van der Waals surface area contributed by atoms with Gasteiger partial charge in [-0.25, -0.2) is 167 Å². The minimum absolute atomic E-state index is 0.298. The Balaban J connectivity index is 0.000000418. The number of hydrogen-bond donors (Lipinski definition) is 1. The van der Waals surface area contributed by atoms with Crippen LogP contribution < -0.4 is 26.8 Å². The Morgan fingerprint density at radius 1 is 0.232 bits per heavy atom. The summed E-state index contributed by atoms with van der Waals surface area (Å²) >= 11 is 0. The fraction of sp³-hybridized carbons (Fsp3) is 0.136. The molecule has 0 aliphatic carbocycles. The quantitative estimate of drug-likeness (QED) is 0.0409. The predicted octanol–water partition coefficient (Wildman–Crippen LogP) is 24.5.